The molecule has 0 radical (unpaired) electrons. The zero-order valence-electron chi connectivity index (χ0n) is 7.94. The molecule has 0 spiro atoms. The van der Waals surface area contributed by atoms with E-state index in [9.17, 15) is 9.90 Å². The maximum absolute atomic E-state index is 10.8. The maximum Gasteiger partial charge on any atom is 0.323 e. The van der Waals surface area contributed by atoms with E-state index in [4.69, 9.17) is 5.11 Å². The Morgan fingerprint density at radius 3 is 2.85 bits per heavy atom. The highest BCUT2D eigenvalue weighted by Gasteiger charge is 2.37. The van der Waals surface area contributed by atoms with E-state index in [1.165, 1.54) is 0 Å². The van der Waals surface area contributed by atoms with Crippen LogP contribution < -0.4 is 0 Å². The summed E-state index contributed by atoms with van der Waals surface area (Å²) in [6.07, 6.45) is 1.95. The molecule has 4 heteroatoms. The molecular formula is C9H17NO3. The van der Waals surface area contributed by atoms with Gasteiger partial charge < -0.3 is 10.2 Å². The number of nitrogens with zero attached hydrogens (tertiary/aromatic N) is 1. The number of aliphatic hydroxyl groups excluding tert-OH is 1. The fraction of sp³-hybridized carbons (Fsp3) is 0.889. The van der Waals surface area contributed by atoms with Crippen molar-refractivity contribution < 1.29 is 15.0 Å². The highest BCUT2D eigenvalue weighted by molar-refractivity contribution is 5.74. The lowest BCUT2D eigenvalue weighted by atomic mass is 10.2. The molecular weight excluding hydrogens is 170 g/mol. The van der Waals surface area contributed by atoms with Gasteiger partial charge in [0.1, 0.15) is 6.04 Å². The first-order chi connectivity index (χ1) is 6.16. The Balaban J connectivity index is 2.49. The van der Waals surface area contributed by atoms with E-state index in [1.54, 1.807) is 0 Å². The van der Waals surface area contributed by atoms with Crippen LogP contribution in [-0.4, -0.2) is 46.3 Å². The van der Waals surface area contributed by atoms with Crippen LogP contribution in [0.4, 0.5) is 0 Å². The molecule has 0 amide bonds. The van der Waals surface area contributed by atoms with Crippen molar-refractivity contribution in [2.45, 2.75) is 38.3 Å². The van der Waals surface area contributed by atoms with E-state index in [0.717, 1.165) is 19.4 Å². The number of carboxylic acid groups (broad SMARTS) is 1. The minimum Gasteiger partial charge on any atom is -0.480 e. The summed E-state index contributed by atoms with van der Waals surface area (Å²) < 4.78 is 0. The Bertz CT molecular complexity index is 184. The van der Waals surface area contributed by atoms with Crippen LogP contribution in [-0.2, 0) is 4.79 Å². The molecule has 1 rings (SSSR count). The summed E-state index contributed by atoms with van der Waals surface area (Å²) in [6, 6.07) is -0.674. The molecule has 2 atom stereocenters. The Morgan fingerprint density at radius 1 is 1.62 bits per heavy atom. The number of aliphatic carboxylic acids is 1. The third-order valence-electron chi connectivity index (χ3n) is 2.52. The summed E-state index contributed by atoms with van der Waals surface area (Å²) in [4.78, 5) is 12.6. The normalized spacial score (nSPS) is 29.4. The molecule has 0 bridgehead atoms. The number of aliphatic hydroxyl groups is 1. The molecule has 13 heavy (non-hydrogen) atoms. The number of carbonyl (C=O) groups is 1. The minimum atomic E-state index is -0.902. The Labute approximate surface area is 78.2 Å². The minimum absolute atomic E-state index is 0.584. The van der Waals surface area contributed by atoms with Gasteiger partial charge in [-0.3, -0.25) is 9.69 Å². The summed E-state index contributed by atoms with van der Waals surface area (Å²) in [6.45, 7) is 3.56. The lowest BCUT2D eigenvalue weighted by Gasteiger charge is -2.21. The predicted octanol–water partition coefficient (Wildman–Crippen LogP) is 0.306. The summed E-state index contributed by atoms with van der Waals surface area (Å²) >= 11 is 0. The molecule has 1 unspecified atom stereocenters. The summed E-state index contributed by atoms with van der Waals surface area (Å²) in [5.41, 5.74) is 0. The zero-order valence-corrected chi connectivity index (χ0v) is 7.94. The van der Waals surface area contributed by atoms with E-state index in [0.29, 0.717) is 13.0 Å². The van der Waals surface area contributed by atoms with Gasteiger partial charge in [-0.05, 0) is 19.4 Å². The Hall–Kier alpha value is -0.610. The van der Waals surface area contributed by atoms with Crippen LogP contribution in [0.25, 0.3) is 0 Å². The quantitative estimate of drug-likeness (QED) is 0.665. The van der Waals surface area contributed by atoms with Crippen molar-refractivity contribution in [3.05, 3.63) is 0 Å². The van der Waals surface area contributed by atoms with Crippen LogP contribution in [0.2, 0.25) is 0 Å². The fourth-order valence-electron chi connectivity index (χ4n) is 1.77. The molecule has 0 aliphatic carbocycles. The molecule has 1 saturated heterocycles. The first kappa shape index (κ1) is 10.5. The van der Waals surface area contributed by atoms with E-state index in [1.807, 2.05) is 4.90 Å². The van der Waals surface area contributed by atoms with Crippen LogP contribution in [0.5, 0.6) is 0 Å². The first-order valence-corrected chi connectivity index (χ1v) is 4.81. The molecule has 0 aromatic carbocycles. The number of likely N-dealkylation sites (tertiary alicyclic amines) is 1. The number of hydrogen-bond acceptors (Lipinski definition) is 3. The third kappa shape index (κ3) is 2.42. The van der Waals surface area contributed by atoms with Gasteiger partial charge >= 0.3 is 5.97 Å². The highest BCUT2D eigenvalue weighted by Crippen LogP contribution is 2.18. The second-order valence-electron chi connectivity index (χ2n) is 3.53. The van der Waals surface area contributed by atoms with Crippen molar-refractivity contribution in [1.29, 1.82) is 0 Å². The van der Waals surface area contributed by atoms with Crippen molar-refractivity contribution in [2.24, 2.45) is 0 Å². The summed E-state index contributed by atoms with van der Waals surface area (Å²) in [5.74, 6) is -0.902. The molecule has 0 saturated carbocycles. The standard InChI is InChI=1S/C9H17NO3/c1-2-3-5-10-6-4-7(11)8(10)9(12)13/h7-8,11H,2-6H2,1H3,(H,12,13)/t7?,8-/m0/s1. The number of unbranched alkanes of at least 4 members (excludes halogenated alkanes) is 1. The average Bonchev–Trinajstić information content (AvgIpc) is 2.43. The molecule has 2 N–H and O–H groups in total. The van der Waals surface area contributed by atoms with Crippen LogP contribution >= 0.6 is 0 Å². The van der Waals surface area contributed by atoms with Gasteiger partial charge in [-0.2, -0.15) is 0 Å². The second kappa shape index (κ2) is 4.58. The van der Waals surface area contributed by atoms with E-state index in [-0.39, 0.29) is 0 Å². The molecule has 76 valence electrons. The zero-order chi connectivity index (χ0) is 9.84. The Morgan fingerprint density at radius 2 is 2.31 bits per heavy atom. The molecule has 0 aromatic rings. The van der Waals surface area contributed by atoms with E-state index >= 15 is 0 Å². The smallest absolute Gasteiger partial charge is 0.323 e. The van der Waals surface area contributed by atoms with Gasteiger partial charge in [0.05, 0.1) is 6.10 Å². The molecule has 1 fully saturated rings. The summed E-state index contributed by atoms with van der Waals surface area (Å²) in [5, 5.41) is 18.3. The SMILES string of the molecule is CCCCN1CCC(O)[C@H]1C(=O)O. The lowest BCUT2D eigenvalue weighted by Crippen LogP contribution is -2.42. The fourth-order valence-corrected chi connectivity index (χ4v) is 1.77. The second-order valence-corrected chi connectivity index (χ2v) is 3.53. The number of carboxylic acids is 1. The van der Waals surface area contributed by atoms with Crippen molar-refractivity contribution in [3.8, 4) is 0 Å². The van der Waals surface area contributed by atoms with Crippen molar-refractivity contribution in [3.63, 3.8) is 0 Å². The van der Waals surface area contributed by atoms with Crippen LogP contribution in [0.1, 0.15) is 26.2 Å². The first-order valence-electron chi connectivity index (χ1n) is 4.81. The number of rotatable bonds is 4. The van der Waals surface area contributed by atoms with Gasteiger partial charge in [-0.25, -0.2) is 0 Å². The lowest BCUT2D eigenvalue weighted by molar-refractivity contribution is -0.144. The Kier molecular flexibility index (Phi) is 3.69. The molecule has 1 aliphatic rings. The van der Waals surface area contributed by atoms with Crippen LogP contribution in [0.3, 0.4) is 0 Å². The topological polar surface area (TPSA) is 60.8 Å². The average molecular weight is 187 g/mol. The number of hydrogen-bond donors (Lipinski definition) is 2. The van der Waals surface area contributed by atoms with Gasteiger partial charge in [0.25, 0.3) is 0 Å². The monoisotopic (exact) mass is 187 g/mol. The predicted molar refractivity (Wildman–Crippen MR) is 48.5 cm³/mol. The molecule has 4 nitrogen and oxygen atoms in total. The van der Waals surface area contributed by atoms with Gasteiger partial charge in [0, 0.05) is 6.54 Å². The van der Waals surface area contributed by atoms with Gasteiger partial charge in [-0.1, -0.05) is 13.3 Å². The van der Waals surface area contributed by atoms with Crippen LogP contribution in [0.15, 0.2) is 0 Å². The van der Waals surface area contributed by atoms with Gasteiger partial charge in [0.2, 0.25) is 0 Å². The van der Waals surface area contributed by atoms with Gasteiger partial charge in [0.15, 0.2) is 0 Å². The van der Waals surface area contributed by atoms with Crippen LogP contribution in [0, 0.1) is 0 Å². The van der Waals surface area contributed by atoms with Crippen molar-refractivity contribution >= 4 is 5.97 Å². The van der Waals surface area contributed by atoms with E-state index < -0.39 is 18.1 Å². The third-order valence-corrected chi connectivity index (χ3v) is 2.52. The molecule has 1 aliphatic heterocycles. The van der Waals surface area contributed by atoms with Gasteiger partial charge in [-0.15, -0.1) is 0 Å². The molecule has 1 heterocycles. The maximum atomic E-state index is 10.8. The van der Waals surface area contributed by atoms with Crippen molar-refractivity contribution in [1.82, 2.24) is 4.90 Å². The molecule has 0 aromatic heterocycles. The highest BCUT2D eigenvalue weighted by atomic mass is 16.4. The summed E-state index contributed by atoms with van der Waals surface area (Å²) in [7, 11) is 0. The van der Waals surface area contributed by atoms with E-state index in [2.05, 4.69) is 6.92 Å². The largest absolute Gasteiger partial charge is 0.480 e. The van der Waals surface area contributed by atoms with Crippen molar-refractivity contribution in [2.75, 3.05) is 13.1 Å².